The van der Waals surface area contributed by atoms with E-state index in [4.69, 9.17) is 29.0 Å². The summed E-state index contributed by atoms with van der Waals surface area (Å²) in [5, 5.41) is 20.8. The Hall–Kier alpha value is -2.24. The van der Waals surface area contributed by atoms with Gasteiger partial charge >= 0.3 is 33.3 Å². The lowest BCUT2D eigenvalue weighted by atomic mass is 10.1. The van der Waals surface area contributed by atoms with Crippen molar-refractivity contribution in [3.63, 3.8) is 0 Å². The highest BCUT2D eigenvalue weighted by molar-refractivity contribution is 7.61. The van der Waals surface area contributed by atoms with Gasteiger partial charge in [-0.15, -0.1) is 0 Å². The molecule has 3 unspecified atom stereocenters. The van der Waals surface area contributed by atoms with Gasteiger partial charge in [0.2, 0.25) is 0 Å². The first-order valence-electron chi connectivity index (χ1n) is 20.0. The van der Waals surface area contributed by atoms with Gasteiger partial charge < -0.3 is 39.9 Å². The predicted octanol–water partition coefficient (Wildman–Crippen LogP) is 5.99. The average Bonchev–Trinajstić information content (AvgIpc) is 3.42. The molecule has 2 heterocycles. The summed E-state index contributed by atoms with van der Waals surface area (Å²) in [5.41, 5.74) is 4.56. The second-order valence-electron chi connectivity index (χ2n) is 14.2. The van der Waals surface area contributed by atoms with E-state index in [1.165, 1.54) is 57.4 Å². The van der Waals surface area contributed by atoms with Crippen LogP contribution in [-0.4, -0.2) is 85.7 Å². The molecule has 1 aromatic rings. The Kier molecular flexibility index (Phi) is 24.5. The zero-order valence-electron chi connectivity index (χ0n) is 33.0. The molecular formula is C36H65N3O15P2. The summed E-state index contributed by atoms with van der Waals surface area (Å²) >= 11 is 0. The van der Waals surface area contributed by atoms with Crippen LogP contribution >= 0.6 is 15.6 Å². The molecule has 0 aromatic carbocycles. The second-order valence-corrected chi connectivity index (χ2v) is 17.2. The van der Waals surface area contributed by atoms with Gasteiger partial charge in [-0.25, -0.2) is 13.9 Å². The van der Waals surface area contributed by atoms with Crippen molar-refractivity contribution in [3.8, 4) is 0 Å². The first-order chi connectivity index (χ1) is 26.7. The molecule has 1 aromatic heterocycles. The lowest BCUT2D eigenvalue weighted by Gasteiger charge is -2.21. The van der Waals surface area contributed by atoms with E-state index in [0.29, 0.717) is 12.8 Å². The first kappa shape index (κ1) is 49.9. The summed E-state index contributed by atoms with van der Waals surface area (Å²) in [6.45, 7) is 2.06. The minimum atomic E-state index is -5.40. The van der Waals surface area contributed by atoms with E-state index in [2.05, 4.69) is 23.1 Å². The normalized spacial score (nSPS) is 21.0. The molecule has 1 aliphatic rings. The number of nitrogen functional groups attached to an aromatic ring is 1. The standard InChI is InChI=1S/C36H65N3O15P2/c1-3-5-7-9-11-13-15-17-19-21-31(40)49-25-28(52-32(41)22-20-18-16-14-12-10-8-6-4-2)26-50-55(45,46)54-56(47,48)51-27-29-33(42)34(43)35(53-29)39-24-23-30(37)38-36(39)44/h23-24,28-29,33-35,42-43H,3-22,25-27H2,1-2H3,(H,45,46)(H,47,48)(H2,37,38,44)/t28?,29-,33-,34-,35-/m1/s1. The lowest BCUT2D eigenvalue weighted by molar-refractivity contribution is -0.161. The van der Waals surface area contributed by atoms with Gasteiger partial charge in [0.1, 0.15) is 30.7 Å². The van der Waals surface area contributed by atoms with Crippen molar-refractivity contribution < 1.29 is 66.3 Å². The Balaban J connectivity index is 1.88. The van der Waals surface area contributed by atoms with Crippen molar-refractivity contribution >= 4 is 33.4 Å². The fraction of sp³-hybridized carbons (Fsp3) is 0.833. The van der Waals surface area contributed by atoms with E-state index in [0.717, 1.165) is 62.1 Å². The largest absolute Gasteiger partial charge is 0.481 e. The van der Waals surface area contributed by atoms with E-state index in [1.807, 2.05) is 0 Å². The van der Waals surface area contributed by atoms with Crippen LogP contribution in [0.15, 0.2) is 17.1 Å². The van der Waals surface area contributed by atoms with E-state index < -0.39 is 83.7 Å². The number of esters is 2. The maximum Gasteiger partial charge on any atom is 0.481 e. The number of carbonyl (C=O) groups is 2. The van der Waals surface area contributed by atoms with Gasteiger partial charge in [-0.2, -0.15) is 9.29 Å². The molecule has 0 saturated carbocycles. The number of aromatic nitrogens is 2. The van der Waals surface area contributed by atoms with E-state index in [1.54, 1.807) is 0 Å². The zero-order valence-corrected chi connectivity index (χ0v) is 34.7. The summed E-state index contributed by atoms with van der Waals surface area (Å²) in [6, 6.07) is 1.24. The third kappa shape index (κ3) is 21.0. The summed E-state index contributed by atoms with van der Waals surface area (Å²) in [5.74, 6) is -1.29. The number of unbranched alkanes of at least 4 members (excludes halogenated alkanes) is 16. The zero-order chi connectivity index (χ0) is 41.4. The van der Waals surface area contributed by atoms with Gasteiger partial charge in [0.15, 0.2) is 12.3 Å². The molecule has 1 fully saturated rings. The van der Waals surface area contributed by atoms with E-state index >= 15 is 0 Å². The molecule has 18 nitrogen and oxygen atoms in total. The Labute approximate surface area is 330 Å². The molecule has 20 heteroatoms. The van der Waals surface area contributed by atoms with E-state index in [-0.39, 0.29) is 18.7 Å². The summed E-state index contributed by atoms with van der Waals surface area (Å²) in [4.78, 5) is 61.2. The van der Waals surface area contributed by atoms with Crippen molar-refractivity contribution in [1.29, 1.82) is 0 Å². The molecule has 0 bridgehead atoms. The van der Waals surface area contributed by atoms with Crippen LogP contribution in [0.3, 0.4) is 0 Å². The third-order valence-electron chi connectivity index (χ3n) is 9.19. The number of aliphatic hydroxyl groups is 2. The molecule has 6 N–H and O–H groups in total. The van der Waals surface area contributed by atoms with Crippen LogP contribution in [0.25, 0.3) is 0 Å². The first-order valence-corrected chi connectivity index (χ1v) is 23.0. The number of phosphoric acid groups is 2. The molecule has 0 radical (unpaired) electrons. The molecule has 324 valence electrons. The monoisotopic (exact) mass is 841 g/mol. The van der Waals surface area contributed by atoms with E-state index in [9.17, 15) is 43.5 Å². The molecule has 2 rings (SSSR count). The average molecular weight is 842 g/mol. The van der Waals surface area contributed by atoms with Crippen LogP contribution in [0.1, 0.15) is 148 Å². The molecule has 7 atom stereocenters. The minimum absolute atomic E-state index is 0.0554. The molecule has 1 aliphatic heterocycles. The van der Waals surface area contributed by atoms with Crippen LogP contribution in [-0.2, 0) is 46.3 Å². The van der Waals surface area contributed by atoms with Gasteiger partial charge in [0, 0.05) is 19.0 Å². The molecule has 0 spiro atoms. The topological polar surface area (TPSA) is 265 Å². The van der Waals surface area contributed by atoms with Gasteiger partial charge in [-0.05, 0) is 18.9 Å². The van der Waals surface area contributed by atoms with Crippen LogP contribution in [0.2, 0.25) is 0 Å². The number of phosphoric ester groups is 2. The van der Waals surface area contributed by atoms with Crippen molar-refractivity contribution in [2.75, 3.05) is 25.6 Å². The van der Waals surface area contributed by atoms with Crippen molar-refractivity contribution in [2.45, 2.75) is 173 Å². The van der Waals surface area contributed by atoms with Crippen LogP contribution < -0.4 is 11.4 Å². The Morgan fingerprint density at radius 1 is 0.786 bits per heavy atom. The molecule has 56 heavy (non-hydrogen) atoms. The summed E-state index contributed by atoms with van der Waals surface area (Å²) < 4.78 is 56.2. The van der Waals surface area contributed by atoms with Crippen LogP contribution in [0.4, 0.5) is 5.82 Å². The van der Waals surface area contributed by atoms with Crippen LogP contribution in [0.5, 0.6) is 0 Å². The highest BCUT2D eigenvalue weighted by atomic mass is 31.3. The van der Waals surface area contributed by atoms with Gasteiger partial charge in [-0.1, -0.05) is 117 Å². The van der Waals surface area contributed by atoms with Crippen LogP contribution in [0, 0.1) is 0 Å². The Morgan fingerprint density at radius 2 is 1.29 bits per heavy atom. The number of carbonyl (C=O) groups excluding carboxylic acids is 2. The predicted molar refractivity (Wildman–Crippen MR) is 206 cm³/mol. The van der Waals surface area contributed by atoms with Gasteiger partial charge in [-0.3, -0.25) is 23.2 Å². The molecule has 1 saturated heterocycles. The maximum atomic E-state index is 12.7. The number of hydrogen-bond acceptors (Lipinski definition) is 15. The number of nitrogens with two attached hydrogens (primary N) is 1. The number of hydrogen-bond donors (Lipinski definition) is 5. The fourth-order valence-electron chi connectivity index (χ4n) is 6.02. The second kappa shape index (κ2) is 27.4. The Bertz CT molecular complexity index is 1430. The quantitative estimate of drug-likeness (QED) is 0.0317. The summed E-state index contributed by atoms with van der Waals surface area (Å²) in [7, 11) is -10.8. The minimum Gasteiger partial charge on any atom is -0.462 e. The molecular weight excluding hydrogens is 776 g/mol. The van der Waals surface area contributed by atoms with Gasteiger partial charge in [0.05, 0.1) is 13.2 Å². The maximum absolute atomic E-state index is 12.7. The number of ether oxygens (including phenoxy) is 3. The smallest absolute Gasteiger partial charge is 0.462 e. The molecule has 0 aliphatic carbocycles. The highest BCUT2D eigenvalue weighted by Gasteiger charge is 2.46. The Morgan fingerprint density at radius 3 is 1.82 bits per heavy atom. The van der Waals surface area contributed by atoms with Gasteiger partial charge in [0.25, 0.3) is 0 Å². The highest BCUT2D eigenvalue weighted by Crippen LogP contribution is 2.60. The number of anilines is 1. The number of aliphatic hydroxyl groups excluding tert-OH is 2. The molecule has 0 amide bonds. The summed E-state index contributed by atoms with van der Waals surface area (Å²) in [6.07, 6.45) is 12.5. The van der Waals surface area contributed by atoms with Crippen molar-refractivity contribution in [1.82, 2.24) is 9.55 Å². The number of nitrogens with zero attached hydrogens (tertiary/aromatic N) is 2. The SMILES string of the molecule is CCCCCCCCCCCC(=O)OCC(COP(=O)(O)OP(=O)(O)OC[C@H]1O[C@@H](n2ccc(N)nc2=O)[C@H](O)[C@@H]1O)OC(=O)CCCCCCCCCCC. The van der Waals surface area contributed by atoms with Crippen molar-refractivity contribution in [2.24, 2.45) is 0 Å². The number of rotatable bonds is 32. The third-order valence-corrected chi connectivity index (χ3v) is 11.8. The van der Waals surface area contributed by atoms with Crippen molar-refractivity contribution in [3.05, 3.63) is 22.7 Å². The fourth-order valence-corrected chi connectivity index (χ4v) is 8.13. The lowest BCUT2D eigenvalue weighted by Crippen LogP contribution is -2.36.